The molecule has 2 rings (SSSR count). The van der Waals surface area contributed by atoms with Crippen molar-refractivity contribution in [2.24, 2.45) is 5.92 Å². The van der Waals surface area contributed by atoms with Crippen LogP contribution in [-0.2, 0) is 14.3 Å². The van der Waals surface area contributed by atoms with Crippen LogP contribution in [0, 0.1) is 12.8 Å². The molecule has 1 fully saturated rings. The Hall–Kier alpha value is -1.43. The average molecular weight is 240 g/mol. The first-order chi connectivity index (χ1) is 7.61. The molecule has 1 amide bonds. The summed E-state index contributed by atoms with van der Waals surface area (Å²) in [6.07, 6.45) is 1.93. The van der Waals surface area contributed by atoms with Crippen LogP contribution in [0.2, 0.25) is 0 Å². The van der Waals surface area contributed by atoms with E-state index in [0.717, 1.165) is 4.88 Å². The quantitative estimate of drug-likeness (QED) is 0.723. The van der Waals surface area contributed by atoms with Gasteiger partial charge in [-0.1, -0.05) is 0 Å². The first kappa shape index (κ1) is 11.1. The van der Waals surface area contributed by atoms with Crippen LogP contribution in [0.25, 0.3) is 0 Å². The average Bonchev–Trinajstić information content (AvgIpc) is 2.83. The van der Waals surface area contributed by atoms with E-state index in [1.165, 1.54) is 18.4 Å². The Bertz CT molecular complexity index is 429. The summed E-state index contributed by atoms with van der Waals surface area (Å²) < 4.78 is 4.64. The maximum Gasteiger partial charge on any atom is 0.311 e. The molecule has 0 aliphatic carbocycles. The molecule has 1 aromatic heterocycles. The number of carbonyl (C=O) groups excluding carboxylic acids is 2. The Labute approximate surface area is 97.0 Å². The zero-order chi connectivity index (χ0) is 11.7. The second-order valence-corrected chi connectivity index (χ2v) is 4.90. The molecule has 1 saturated heterocycles. The minimum Gasteiger partial charge on any atom is -0.469 e. The van der Waals surface area contributed by atoms with Crippen molar-refractivity contribution in [3.05, 3.63) is 11.1 Å². The maximum absolute atomic E-state index is 11.7. The number of anilines is 1. The van der Waals surface area contributed by atoms with Crippen molar-refractivity contribution in [2.75, 3.05) is 18.6 Å². The Kier molecular flexibility index (Phi) is 2.91. The van der Waals surface area contributed by atoms with Gasteiger partial charge in [0.15, 0.2) is 5.13 Å². The number of carbonyl (C=O) groups is 2. The number of hydrogen-bond donors (Lipinski definition) is 0. The summed E-state index contributed by atoms with van der Waals surface area (Å²) in [6.45, 7) is 2.30. The van der Waals surface area contributed by atoms with Gasteiger partial charge in [-0.3, -0.25) is 14.5 Å². The van der Waals surface area contributed by atoms with Crippen molar-refractivity contribution in [1.29, 1.82) is 0 Å². The standard InChI is InChI=1S/C10H12N2O3S/c1-6-4-11-10(16-6)12-5-7(3-8(12)13)9(14)15-2/h4,7H,3,5H2,1-2H3. The van der Waals surface area contributed by atoms with E-state index in [2.05, 4.69) is 9.72 Å². The zero-order valence-electron chi connectivity index (χ0n) is 9.10. The van der Waals surface area contributed by atoms with E-state index in [-0.39, 0.29) is 24.2 Å². The molecule has 86 valence electrons. The van der Waals surface area contributed by atoms with Crippen molar-refractivity contribution in [1.82, 2.24) is 4.98 Å². The molecule has 1 aliphatic rings. The molecule has 0 N–H and O–H groups in total. The Morgan fingerprint density at radius 2 is 2.44 bits per heavy atom. The van der Waals surface area contributed by atoms with Gasteiger partial charge in [-0.05, 0) is 6.92 Å². The summed E-state index contributed by atoms with van der Waals surface area (Å²) in [5.41, 5.74) is 0. The Balaban J connectivity index is 2.14. The maximum atomic E-state index is 11.7. The van der Waals surface area contributed by atoms with Crippen LogP contribution in [-0.4, -0.2) is 30.5 Å². The lowest BCUT2D eigenvalue weighted by Gasteiger charge is -2.11. The molecule has 1 aromatic rings. The van der Waals surface area contributed by atoms with Gasteiger partial charge in [-0.25, -0.2) is 4.98 Å². The zero-order valence-corrected chi connectivity index (χ0v) is 9.91. The lowest BCUT2D eigenvalue weighted by atomic mass is 10.1. The molecule has 0 aromatic carbocycles. The van der Waals surface area contributed by atoms with E-state index >= 15 is 0 Å². The van der Waals surface area contributed by atoms with Gasteiger partial charge in [0.05, 0.1) is 13.0 Å². The van der Waals surface area contributed by atoms with E-state index in [1.54, 1.807) is 11.1 Å². The van der Waals surface area contributed by atoms with Gasteiger partial charge < -0.3 is 4.74 Å². The smallest absolute Gasteiger partial charge is 0.311 e. The fourth-order valence-corrected chi connectivity index (χ4v) is 2.47. The third-order valence-electron chi connectivity index (χ3n) is 2.50. The van der Waals surface area contributed by atoms with Crippen molar-refractivity contribution >= 4 is 28.3 Å². The summed E-state index contributed by atoms with van der Waals surface area (Å²) in [5, 5.41) is 0.661. The van der Waals surface area contributed by atoms with Crippen molar-refractivity contribution < 1.29 is 14.3 Å². The largest absolute Gasteiger partial charge is 0.469 e. The fraction of sp³-hybridized carbons (Fsp3) is 0.500. The first-order valence-electron chi connectivity index (χ1n) is 4.92. The number of aryl methyl sites for hydroxylation is 1. The van der Waals surface area contributed by atoms with Gasteiger partial charge in [-0.2, -0.15) is 0 Å². The molecule has 0 spiro atoms. The lowest BCUT2D eigenvalue weighted by molar-refractivity contribution is -0.145. The first-order valence-corrected chi connectivity index (χ1v) is 5.74. The van der Waals surface area contributed by atoms with E-state index in [0.29, 0.717) is 11.7 Å². The van der Waals surface area contributed by atoms with Gasteiger partial charge in [-0.15, -0.1) is 11.3 Å². The number of esters is 1. The molecule has 1 aliphatic heterocycles. The third-order valence-corrected chi connectivity index (χ3v) is 3.44. The molecule has 0 radical (unpaired) electrons. The number of amides is 1. The minimum atomic E-state index is -0.360. The number of thiazole rings is 1. The molecule has 0 saturated carbocycles. The van der Waals surface area contributed by atoms with Gasteiger partial charge in [0.2, 0.25) is 5.91 Å². The summed E-state index contributed by atoms with van der Waals surface area (Å²) in [5.74, 6) is -0.754. The van der Waals surface area contributed by atoms with E-state index in [9.17, 15) is 9.59 Å². The fourth-order valence-electron chi connectivity index (χ4n) is 1.68. The number of nitrogens with zero attached hydrogens (tertiary/aromatic N) is 2. The van der Waals surface area contributed by atoms with Crippen LogP contribution in [0.3, 0.4) is 0 Å². The molecular formula is C10H12N2O3S. The summed E-state index contributed by atoms with van der Waals surface area (Å²) in [7, 11) is 1.34. The van der Waals surface area contributed by atoms with Crippen LogP contribution in [0.4, 0.5) is 5.13 Å². The highest BCUT2D eigenvalue weighted by Gasteiger charge is 2.36. The van der Waals surface area contributed by atoms with Crippen LogP contribution in [0.15, 0.2) is 6.20 Å². The predicted octanol–water partition coefficient (Wildman–Crippen LogP) is 0.977. The SMILES string of the molecule is COC(=O)C1CC(=O)N(c2ncc(C)s2)C1. The van der Waals surface area contributed by atoms with Crippen LogP contribution in [0.5, 0.6) is 0 Å². The molecule has 5 nitrogen and oxygen atoms in total. The van der Waals surface area contributed by atoms with Gasteiger partial charge >= 0.3 is 5.97 Å². The Morgan fingerprint density at radius 1 is 1.69 bits per heavy atom. The number of methoxy groups -OCH3 is 1. The second-order valence-electron chi connectivity index (χ2n) is 3.68. The monoisotopic (exact) mass is 240 g/mol. The van der Waals surface area contributed by atoms with Crippen LogP contribution in [0.1, 0.15) is 11.3 Å². The summed E-state index contributed by atoms with van der Waals surface area (Å²) in [6, 6.07) is 0. The predicted molar refractivity (Wildman–Crippen MR) is 59.3 cm³/mol. The number of hydrogen-bond acceptors (Lipinski definition) is 5. The molecule has 1 unspecified atom stereocenters. The summed E-state index contributed by atoms with van der Waals surface area (Å²) in [4.78, 5) is 29.8. The molecular weight excluding hydrogens is 228 g/mol. The van der Waals surface area contributed by atoms with Gasteiger partial charge in [0, 0.05) is 24.0 Å². The van der Waals surface area contributed by atoms with Gasteiger partial charge in [0.25, 0.3) is 0 Å². The number of aromatic nitrogens is 1. The minimum absolute atomic E-state index is 0.0650. The molecule has 0 bridgehead atoms. The summed E-state index contributed by atoms with van der Waals surface area (Å²) >= 11 is 1.45. The highest BCUT2D eigenvalue weighted by molar-refractivity contribution is 7.15. The van der Waals surface area contributed by atoms with Gasteiger partial charge in [0.1, 0.15) is 0 Å². The van der Waals surface area contributed by atoms with Crippen LogP contribution < -0.4 is 4.90 Å². The molecule has 1 atom stereocenters. The number of rotatable bonds is 2. The molecule has 2 heterocycles. The number of ether oxygens (including phenoxy) is 1. The lowest BCUT2D eigenvalue weighted by Crippen LogP contribution is -2.25. The van der Waals surface area contributed by atoms with Crippen molar-refractivity contribution in [3.63, 3.8) is 0 Å². The van der Waals surface area contributed by atoms with Crippen molar-refractivity contribution in [3.8, 4) is 0 Å². The topological polar surface area (TPSA) is 59.5 Å². The normalized spacial score (nSPS) is 20.2. The molecule has 6 heteroatoms. The molecule has 16 heavy (non-hydrogen) atoms. The second kappa shape index (κ2) is 4.21. The van der Waals surface area contributed by atoms with E-state index in [1.807, 2.05) is 6.92 Å². The highest BCUT2D eigenvalue weighted by Crippen LogP contribution is 2.28. The van der Waals surface area contributed by atoms with Crippen molar-refractivity contribution in [2.45, 2.75) is 13.3 Å². The van der Waals surface area contributed by atoms with E-state index < -0.39 is 0 Å². The van der Waals surface area contributed by atoms with E-state index in [4.69, 9.17) is 0 Å². The highest BCUT2D eigenvalue weighted by atomic mass is 32.1. The Morgan fingerprint density at radius 3 is 3.00 bits per heavy atom. The van der Waals surface area contributed by atoms with Crippen LogP contribution >= 0.6 is 11.3 Å². The third kappa shape index (κ3) is 1.92.